The molecule has 0 aliphatic rings. The summed E-state index contributed by atoms with van der Waals surface area (Å²) in [6.45, 7) is 0. The molecule has 0 fully saturated rings. The molecule has 0 aliphatic heterocycles. The molecule has 0 aliphatic carbocycles. The molecule has 0 saturated heterocycles. The van der Waals surface area contributed by atoms with E-state index in [1.54, 1.807) is 49.1 Å². The fourth-order valence-corrected chi connectivity index (χ4v) is 2.89. The van der Waals surface area contributed by atoms with Crippen molar-refractivity contribution in [1.29, 1.82) is 0 Å². The molecule has 0 amide bonds. The van der Waals surface area contributed by atoms with Crippen LogP contribution < -0.4 is 0 Å². The van der Waals surface area contributed by atoms with Crippen molar-refractivity contribution in [2.24, 2.45) is 0 Å². The Balaban J connectivity index is 0.000000187. The molecule has 4 aromatic carbocycles. The summed E-state index contributed by atoms with van der Waals surface area (Å²) in [4.78, 5) is 0. The van der Waals surface area contributed by atoms with Gasteiger partial charge < -0.3 is 9.13 Å². The van der Waals surface area contributed by atoms with Gasteiger partial charge in [0.1, 0.15) is 0 Å². The van der Waals surface area contributed by atoms with Gasteiger partial charge in [0, 0.05) is 23.3 Å². The van der Waals surface area contributed by atoms with Crippen LogP contribution in [0.25, 0.3) is 11.4 Å². The molecule has 6 aromatic rings. The summed E-state index contributed by atoms with van der Waals surface area (Å²) in [7, 11) is 0. The van der Waals surface area contributed by atoms with Crippen LogP contribution in [0.15, 0.2) is 134 Å². The molecule has 0 bridgehead atoms. The molecule has 0 atom stereocenters. The van der Waals surface area contributed by atoms with Gasteiger partial charge in [-0.25, -0.2) is 33.0 Å². The number of halogens is 4. The van der Waals surface area contributed by atoms with Gasteiger partial charge in [-0.3, -0.25) is 8.78 Å². The van der Waals surface area contributed by atoms with Gasteiger partial charge in [-0.1, -0.05) is 0 Å². The first-order valence-corrected chi connectivity index (χ1v) is 10.9. The average molecular weight is 534 g/mol. The number of nitrogens with zero attached hydrogens (tertiary/aromatic N) is 2. The normalized spacial score (nSPS) is 9.41. The van der Waals surface area contributed by atoms with Gasteiger partial charge in [0.05, 0.1) is 0 Å². The molecule has 0 N–H and O–H groups in total. The average Bonchev–Trinajstić information content (AvgIpc) is 3.71. The largest absolute Gasteiger partial charge is 4.00 e. The molecule has 2 heterocycles. The first-order chi connectivity index (χ1) is 17.5. The Bertz CT molecular complexity index is 1220. The summed E-state index contributed by atoms with van der Waals surface area (Å²) in [6.07, 6.45) is 6.58. The van der Waals surface area contributed by atoms with E-state index in [1.807, 2.05) is 60.7 Å². The third kappa shape index (κ3) is 9.96. The Hall–Kier alpha value is -3.87. The summed E-state index contributed by atoms with van der Waals surface area (Å²) in [5, 5.41) is 0. The van der Waals surface area contributed by atoms with Crippen molar-refractivity contribution >= 4 is 0 Å². The summed E-state index contributed by atoms with van der Waals surface area (Å²) < 4.78 is 54.6. The first kappa shape index (κ1) is 29.4. The Morgan fingerprint density at radius 1 is 0.514 bits per heavy atom. The van der Waals surface area contributed by atoms with Gasteiger partial charge in [0.2, 0.25) is 0 Å². The summed E-state index contributed by atoms with van der Waals surface area (Å²) >= 11 is 0. The molecule has 2 aromatic heterocycles. The van der Waals surface area contributed by atoms with Crippen molar-refractivity contribution in [1.82, 2.24) is 9.13 Å². The third-order valence-corrected chi connectivity index (χ3v) is 4.55. The summed E-state index contributed by atoms with van der Waals surface area (Å²) in [5.74, 6) is -2.11. The van der Waals surface area contributed by atoms with E-state index >= 15 is 0 Å². The second-order valence-electron chi connectivity index (χ2n) is 7.14. The maximum Gasteiger partial charge on any atom is 4.00 e. The van der Waals surface area contributed by atoms with E-state index in [4.69, 9.17) is 0 Å². The molecule has 7 heteroatoms. The predicted molar refractivity (Wildman–Crippen MR) is 133 cm³/mol. The van der Waals surface area contributed by atoms with Crippen LogP contribution in [-0.4, -0.2) is 9.13 Å². The van der Waals surface area contributed by atoms with E-state index in [9.17, 15) is 17.6 Å². The predicted octanol–water partition coefficient (Wildman–Crippen LogP) is 7.92. The van der Waals surface area contributed by atoms with Crippen LogP contribution in [0.5, 0.6) is 0 Å². The maximum atomic E-state index is 13.1. The summed E-state index contributed by atoms with van der Waals surface area (Å²) in [6, 6.07) is 35.6. The van der Waals surface area contributed by atoms with Crippen LogP contribution in [0.1, 0.15) is 0 Å². The van der Waals surface area contributed by atoms with Gasteiger partial charge in [0.15, 0.2) is 0 Å². The van der Waals surface area contributed by atoms with E-state index in [2.05, 4.69) is 12.1 Å². The van der Waals surface area contributed by atoms with Crippen LogP contribution in [0, 0.1) is 35.4 Å². The van der Waals surface area contributed by atoms with E-state index in [-0.39, 0.29) is 33.1 Å². The first-order valence-electron chi connectivity index (χ1n) is 10.9. The SMILES string of the molecule is Fc1c[c-]c(F)c(-n2cccc2)c1.Fc1c[c-]c(F)c(-n2cccc2)c1.[Ti+4].c1cc[cH-]c1.c1cc[cH-]c1. The van der Waals surface area contributed by atoms with Crippen molar-refractivity contribution in [3.63, 3.8) is 0 Å². The summed E-state index contributed by atoms with van der Waals surface area (Å²) in [5.41, 5.74) is 0.343. The van der Waals surface area contributed by atoms with Crippen molar-refractivity contribution in [2.45, 2.75) is 0 Å². The number of benzene rings is 2. The van der Waals surface area contributed by atoms with Crippen LogP contribution >= 0.6 is 0 Å². The van der Waals surface area contributed by atoms with Crippen LogP contribution in [0.2, 0.25) is 0 Å². The second kappa shape index (κ2) is 16.0. The van der Waals surface area contributed by atoms with Crippen molar-refractivity contribution in [2.75, 3.05) is 0 Å². The van der Waals surface area contributed by atoms with Crippen LogP contribution in [-0.2, 0) is 21.7 Å². The number of aromatic nitrogens is 2. The smallest absolute Gasteiger partial charge is 0.375 e. The number of hydrogen-bond donors (Lipinski definition) is 0. The molecule has 0 unspecified atom stereocenters. The zero-order valence-corrected chi connectivity index (χ0v) is 21.2. The van der Waals surface area contributed by atoms with Crippen molar-refractivity contribution in [3.8, 4) is 11.4 Å². The zero-order valence-electron chi connectivity index (χ0n) is 19.6. The fraction of sp³-hybridized carbons (Fsp3) is 0. The molecule has 0 radical (unpaired) electrons. The number of hydrogen-bond acceptors (Lipinski definition) is 0. The van der Waals surface area contributed by atoms with Crippen molar-refractivity contribution < 1.29 is 39.3 Å². The quantitative estimate of drug-likeness (QED) is 0.121. The Labute approximate surface area is 228 Å². The van der Waals surface area contributed by atoms with Crippen molar-refractivity contribution in [3.05, 3.63) is 169 Å². The van der Waals surface area contributed by atoms with Gasteiger partial charge in [-0.15, -0.1) is 36.4 Å². The molecule has 0 saturated carbocycles. The van der Waals surface area contributed by atoms with Crippen LogP contribution in [0.3, 0.4) is 0 Å². The van der Waals surface area contributed by atoms with E-state index in [1.165, 1.54) is 9.13 Å². The standard InChI is InChI=1S/2C10H6F2N.2C5H5.Ti/c2*11-8-3-4-9(12)10(7-8)13-5-1-2-6-13;2*1-2-4-5-3-1;/h2*1-3,5-7H;2*1-5H;/q4*-1;+4. The minimum absolute atomic E-state index is 0. The van der Waals surface area contributed by atoms with E-state index < -0.39 is 23.3 Å². The fourth-order valence-electron chi connectivity index (χ4n) is 2.89. The van der Waals surface area contributed by atoms with Crippen LogP contribution in [0.4, 0.5) is 17.6 Å². The molecule has 37 heavy (non-hydrogen) atoms. The van der Waals surface area contributed by atoms with E-state index in [0.717, 1.165) is 24.3 Å². The molecule has 6 rings (SSSR count). The maximum absolute atomic E-state index is 13.1. The van der Waals surface area contributed by atoms with Gasteiger partial charge >= 0.3 is 21.7 Å². The molecular weight excluding hydrogens is 512 g/mol. The number of rotatable bonds is 2. The minimum atomic E-state index is -0.558. The second-order valence-corrected chi connectivity index (χ2v) is 7.14. The minimum Gasteiger partial charge on any atom is -0.375 e. The molecule has 184 valence electrons. The zero-order chi connectivity index (χ0) is 25.6. The Morgan fingerprint density at radius 3 is 1.11 bits per heavy atom. The Kier molecular flexibility index (Phi) is 12.7. The topological polar surface area (TPSA) is 9.86 Å². The molecular formula is C30H22F4N2Ti. The monoisotopic (exact) mass is 534 g/mol. The molecule has 2 nitrogen and oxygen atoms in total. The van der Waals surface area contributed by atoms with Gasteiger partial charge in [0.25, 0.3) is 0 Å². The Morgan fingerprint density at radius 2 is 0.838 bits per heavy atom. The van der Waals surface area contributed by atoms with Gasteiger partial charge in [-0.2, -0.15) is 36.4 Å². The van der Waals surface area contributed by atoms with Gasteiger partial charge in [-0.05, 0) is 60.4 Å². The van der Waals surface area contributed by atoms with E-state index in [0.29, 0.717) is 0 Å². The third-order valence-electron chi connectivity index (χ3n) is 4.55. The molecule has 0 spiro atoms.